The minimum absolute atomic E-state index is 0.0123. The molecule has 1 aliphatic carbocycles. The van der Waals surface area contributed by atoms with Crippen LogP contribution in [0.2, 0.25) is 0 Å². The molecule has 2 aromatic carbocycles. The number of rotatable bonds is 7. The standard InChI is InChI=1S/C23H30N2O4S/c1-17-9-10-20(15-18(17)2)25(3)23(26)16-29-21-11-13-22(14-12-21)30(27,28)24-19-7-5-4-6-8-19/h9-15,19,24H,4-8,16H2,1-3H3. The van der Waals surface area contributed by atoms with Crippen molar-refractivity contribution in [2.45, 2.75) is 56.9 Å². The Labute approximate surface area is 179 Å². The molecule has 3 rings (SSSR count). The van der Waals surface area contributed by atoms with Crippen LogP contribution < -0.4 is 14.4 Å². The van der Waals surface area contributed by atoms with Crippen LogP contribution in [0.15, 0.2) is 47.4 Å². The topological polar surface area (TPSA) is 75.7 Å². The van der Waals surface area contributed by atoms with Crippen molar-refractivity contribution in [3.05, 3.63) is 53.6 Å². The Morgan fingerprint density at radius 1 is 1.03 bits per heavy atom. The van der Waals surface area contributed by atoms with E-state index >= 15 is 0 Å². The maximum absolute atomic E-state index is 12.6. The van der Waals surface area contributed by atoms with E-state index in [4.69, 9.17) is 4.74 Å². The van der Waals surface area contributed by atoms with E-state index in [1.165, 1.54) is 24.1 Å². The molecular formula is C23H30N2O4S. The van der Waals surface area contributed by atoms with Gasteiger partial charge in [-0.25, -0.2) is 13.1 Å². The lowest BCUT2D eigenvalue weighted by molar-refractivity contribution is -0.120. The van der Waals surface area contributed by atoms with Crippen molar-refractivity contribution in [3.63, 3.8) is 0 Å². The summed E-state index contributed by atoms with van der Waals surface area (Å²) in [6.45, 7) is 3.90. The van der Waals surface area contributed by atoms with Crippen LogP contribution in [0.1, 0.15) is 43.2 Å². The molecule has 2 aromatic rings. The van der Waals surface area contributed by atoms with E-state index in [1.807, 2.05) is 32.0 Å². The summed E-state index contributed by atoms with van der Waals surface area (Å²) < 4.78 is 33.5. The van der Waals surface area contributed by atoms with Crippen LogP contribution >= 0.6 is 0 Å². The number of anilines is 1. The van der Waals surface area contributed by atoms with E-state index in [0.29, 0.717) is 5.75 Å². The lowest BCUT2D eigenvalue weighted by Crippen LogP contribution is -2.36. The molecule has 0 heterocycles. The third-order valence-corrected chi connectivity index (χ3v) is 7.21. The number of amides is 1. The SMILES string of the molecule is Cc1ccc(N(C)C(=O)COc2ccc(S(=O)(=O)NC3CCCCC3)cc2)cc1C. The van der Waals surface area contributed by atoms with Crippen molar-refractivity contribution in [2.24, 2.45) is 0 Å². The van der Waals surface area contributed by atoms with Crippen molar-refractivity contribution < 1.29 is 17.9 Å². The van der Waals surface area contributed by atoms with Gasteiger partial charge in [-0.2, -0.15) is 0 Å². The third kappa shape index (κ3) is 5.61. The number of hydrogen-bond acceptors (Lipinski definition) is 4. The van der Waals surface area contributed by atoms with Crippen molar-refractivity contribution in [1.82, 2.24) is 4.72 Å². The lowest BCUT2D eigenvalue weighted by atomic mass is 9.96. The number of carbonyl (C=O) groups is 1. The Morgan fingerprint density at radius 3 is 2.33 bits per heavy atom. The zero-order valence-electron chi connectivity index (χ0n) is 17.8. The molecule has 1 N–H and O–H groups in total. The van der Waals surface area contributed by atoms with Crippen molar-refractivity contribution in [1.29, 1.82) is 0 Å². The number of benzene rings is 2. The molecule has 0 saturated heterocycles. The first-order valence-corrected chi connectivity index (χ1v) is 11.8. The largest absolute Gasteiger partial charge is 0.484 e. The summed E-state index contributed by atoms with van der Waals surface area (Å²) in [6.07, 6.45) is 5.06. The van der Waals surface area contributed by atoms with Gasteiger partial charge in [0.25, 0.3) is 5.91 Å². The Kier molecular flexibility index (Phi) is 7.15. The number of nitrogens with one attached hydrogen (secondary N) is 1. The first kappa shape index (κ1) is 22.3. The fraction of sp³-hybridized carbons (Fsp3) is 0.435. The van der Waals surface area contributed by atoms with E-state index in [2.05, 4.69) is 4.72 Å². The van der Waals surface area contributed by atoms with Gasteiger partial charge in [0.15, 0.2) is 6.61 Å². The van der Waals surface area contributed by atoms with Gasteiger partial charge in [-0.15, -0.1) is 0 Å². The van der Waals surface area contributed by atoms with Gasteiger partial charge in [0.05, 0.1) is 4.90 Å². The molecule has 0 unspecified atom stereocenters. The van der Waals surface area contributed by atoms with Crippen molar-refractivity contribution in [2.75, 3.05) is 18.6 Å². The Bertz CT molecular complexity index is 981. The molecular weight excluding hydrogens is 400 g/mol. The van der Waals surface area contributed by atoms with Gasteiger partial charge in [0.2, 0.25) is 10.0 Å². The molecule has 1 fully saturated rings. The molecule has 1 saturated carbocycles. The number of sulfonamides is 1. The van der Waals surface area contributed by atoms with Crippen LogP contribution in [-0.2, 0) is 14.8 Å². The molecule has 1 amide bonds. The number of likely N-dealkylation sites (N-methyl/N-ethyl adjacent to an activating group) is 1. The van der Waals surface area contributed by atoms with Gasteiger partial charge in [-0.1, -0.05) is 25.3 Å². The highest BCUT2D eigenvalue weighted by molar-refractivity contribution is 7.89. The van der Waals surface area contributed by atoms with Gasteiger partial charge in [0, 0.05) is 18.8 Å². The molecule has 0 aromatic heterocycles. The second-order valence-electron chi connectivity index (χ2n) is 7.94. The Balaban J connectivity index is 1.57. The zero-order chi connectivity index (χ0) is 21.7. The summed E-state index contributed by atoms with van der Waals surface area (Å²) in [5, 5.41) is 0. The highest BCUT2D eigenvalue weighted by atomic mass is 32.2. The predicted molar refractivity (Wildman–Crippen MR) is 118 cm³/mol. The second-order valence-corrected chi connectivity index (χ2v) is 9.65. The maximum Gasteiger partial charge on any atom is 0.264 e. The van der Waals surface area contributed by atoms with Crippen LogP contribution in [0, 0.1) is 13.8 Å². The summed E-state index contributed by atoms with van der Waals surface area (Å²) in [5.74, 6) is 0.266. The molecule has 7 heteroatoms. The lowest BCUT2D eigenvalue weighted by Gasteiger charge is -2.22. The summed E-state index contributed by atoms with van der Waals surface area (Å²) >= 11 is 0. The van der Waals surface area contributed by atoms with E-state index in [9.17, 15) is 13.2 Å². The van der Waals surface area contributed by atoms with Crippen LogP contribution in [0.3, 0.4) is 0 Å². The van der Waals surface area contributed by atoms with Crippen LogP contribution in [0.5, 0.6) is 5.75 Å². The summed E-state index contributed by atoms with van der Waals surface area (Å²) in [6, 6.07) is 12.0. The van der Waals surface area contributed by atoms with Gasteiger partial charge in [-0.05, 0) is 74.2 Å². The summed E-state index contributed by atoms with van der Waals surface area (Å²) in [5.41, 5.74) is 3.09. The third-order valence-electron chi connectivity index (χ3n) is 5.68. The molecule has 0 aliphatic heterocycles. The number of aryl methyl sites for hydroxylation is 2. The van der Waals surface area contributed by atoms with Gasteiger partial charge in [0.1, 0.15) is 5.75 Å². The quantitative estimate of drug-likeness (QED) is 0.722. The molecule has 6 nitrogen and oxygen atoms in total. The molecule has 162 valence electrons. The van der Waals surface area contributed by atoms with E-state index in [-0.39, 0.29) is 23.5 Å². The molecule has 0 spiro atoms. The van der Waals surface area contributed by atoms with E-state index < -0.39 is 10.0 Å². The number of ether oxygens (including phenoxy) is 1. The molecule has 30 heavy (non-hydrogen) atoms. The summed E-state index contributed by atoms with van der Waals surface area (Å²) in [7, 11) is -1.84. The van der Waals surface area contributed by atoms with Crippen molar-refractivity contribution >= 4 is 21.6 Å². The average molecular weight is 431 g/mol. The van der Waals surface area contributed by atoms with Gasteiger partial charge < -0.3 is 9.64 Å². The fourth-order valence-electron chi connectivity index (χ4n) is 3.54. The Morgan fingerprint density at radius 2 is 1.70 bits per heavy atom. The van der Waals surface area contributed by atoms with Gasteiger partial charge >= 0.3 is 0 Å². The fourth-order valence-corrected chi connectivity index (χ4v) is 4.85. The van der Waals surface area contributed by atoms with E-state index in [1.54, 1.807) is 24.1 Å². The zero-order valence-corrected chi connectivity index (χ0v) is 18.7. The molecule has 0 radical (unpaired) electrons. The average Bonchev–Trinajstić information content (AvgIpc) is 2.74. The smallest absolute Gasteiger partial charge is 0.264 e. The van der Waals surface area contributed by atoms with Gasteiger partial charge in [-0.3, -0.25) is 4.79 Å². The number of carbonyl (C=O) groups excluding carboxylic acids is 1. The van der Waals surface area contributed by atoms with Crippen LogP contribution in [0.4, 0.5) is 5.69 Å². The highest BCUT2D eigenvalue weighted by Gasteiger charge is 2.22. The highest BCUT2D eigenvalue weighted by Crippen LogP contribution is 2.22. The maximum atomic E-state index is 12.6. The van der Waals surface area contributed by atoms with Crippen LogP contribution in [0.25, 0.3) is 0 Å². The summed E-state index contributed by atoms with van der Waals surface area (Å²) in [4.78, 5) is 14.2. The molecule has 0 atom stereocenters. The number of hydrogen-bond donors (Lipinski definition) is 1. The van der Waals surface area contributed by atoms with E-state index in [0.717, 1.165) is 36.9 Å². The van der Waals surface area contributed by atoms with Crippen molar-refractivity contribution in [3.8, 4) is 5.75 Å². The molecule has 0 bridgehead atoms. The normalized spacial score (nSPS) is 15.0. The number of nitrogens with zero attached hydrogens (tertiary/aromatic N) is 1. The molecule has 1 aliphatic rings. The minimum atomic E-state index is -3.55. The van der Waals surface area contributed by atoms with Crippen LogP contribution in [-0.4, -0.2) is 34.0 Å². The predicted octanol–water partition coefficient (Wildman–Crippen LogP) is 3.96. The minimum Gasteiger partial charge on any atom is -0.484 e. The monoisotopic (exact) mass is 430 g/mol. The Hall–Kier alpha value is -2.38. The second kappa shape index (κ2) is 9.62. The first-order chi connectivity index (χ1) is 14.3. The first-order valence-electron chi connectivity index (χ1n) is 10.4.